The van der Waals surface area contributed by atoms with Crippen LogP contribution in [0.5, 0.6) is 0 Å². The Labute approximate surface area is 82.7 Å². The van der Waals surface area contributed by atoms with Crippen LogP contribution in [0.25, 0.3) is 0 Å². The monoisotopic (exact) mass is 201 g/mol. The zero-order valence-electron chi connectivity index (χ0n) is 7.56. The molecule has 0 bridgehead atoms. The third-order valence-corrected chi connectivity index (χ3v) is 2.37. The van der Waals surface area contributed by atoms with Crippen LogP contribution in [-0.2, 0) is 6.42 Å². The summed E-state index contributed by atoms with van der Waals surface area (Å²) in [6.45, 7) is 2.02. The topological polar surface area (TPSA) is 26.0 Å². The highest BCUT2D eigenvalue weighted by atomic mass is 35.5. The SMILES string of the molecule is CCC(N)Cc1ccc(F)cc1Cl. The van der Waals surface area contributed by atoms with E-state index in [1.807, 2.05) is 6.92 Å². The van der Waals surface area contributed by atoms with Crippen molar-refractivity contribution in [1.82, 2.24) is 0 Å². The molecule has 0 saturated carbocycles. The van der Waals surface area contributed by atoms with Gasteiger partial charge in [-0.25, -0.2) is 4.39 Å². The highest BCUT2D eigenvalue weighted by Gasteiger charge is 2.05. The summed E-state index contributed by atoms with van der Waals surface area (Å²) in [5.41, 5.74) is 6.67. The standard InChI is InChI=1S/C10H13ClFN/c1-2-9(13)5-7-3-4-8(12)6-10(7)11/h3-4,6,9H,2,5,13H2,1H3. The summed E-state index contributed by atoms with van der Waals surface area (Å²) in [4.78, 5) is 0. The fourth-order valence-electron chi connectivity index (χ4n) is 1.11. The molecule has 0 aliphatic carbocycles. The quantitative estimate of drug-likeness (QED) is 0.800. The second-order valence-electron chi connectivity index (χ2n) is 3.11. The van der Waals surface area contributed by atoms with E-state index in [0.717, 1.165) is 12.0 Å². The fourth-order valence-corrected chi connectivity index (χ4v) is 1.36. The molecule has 0 saturated heterocycles. The molecular weight excluding hydrogens is 189 g/mol. The number of rotatable bonds is 3. The first-order chi connectivity index (χ1) is 6.13. The molecule has 1 nitrogen and oxygen atoms in total. The van der Waals surface area contributed by atoms with Crippen molar-refractivity contribution in [3.05, 3.63) is 34.6 Å². The molecule has 1 aromatic carbocycles. The van der Waals surface area contributed by atoms with E-state index in [2.05, 4.69) is 0 Å². The molecule has 3 heteroatoms. The Morgan fingerprint density at radius 1 is 1.54 bits per heavy atom. The Morgan fingerprint density at radius 3 is 2.77 bits per heavy atom. The Morgan fingerprint density at radius 2 is 2.23 bits per heavy atom. The van der Waals surface area contributed by atoms with Gasteiger partial charge in [0.15, 0.2) is 0 Å². The lowest BCUT2D eigenvalue weighted by molar-refractivity contribution is 0.621. The number of benzene rings is 1. The maximum Gasteiger partial charge on any atom is 0.124 e. The van der Waals surface area contributed by atoms with Crippen LogP contribution in [0.3, 0.4) is 0 Å². The highest BCUT2D eigenvalue weighted by molar-refractivity contribution is 6.31. The molecule has 0 radical (unpaired) electrons. The molecule has 0 spiro atoms. The second-order valence-corrected chi connectivity index (χ2v) is 3.52. The van der Waals surface area contributed by atoms with Gasteiger partial charge in [0.1, 0.15) is 5.82 Å². The summed E-state index contributed by atoms with van der Waals surface area (Å²) in [5, 5.41) is 0.462. The molecule has 0 aromatic heterocycles. The van der Waals surface area contributed by atoms with Gasteiger partial charge in [-0.15, -0.1) is 0 Å². The van der Waals surface area contributed by atoms with Crippen molar-refractivity contribution in [1.29, 1.82) is 0 Å². The van der Waals surface area contributed by atoms with Crippen molar-refractivity contribution in [2.75, 3.05) is 0 Å². The molecule has 0 heterocycles. The minimum absolute atomic E-state index is 0.1000. The van der Waals surface area contributed by atoms with Gasteiger partial charge in [-0.3, -0.25) is 0 Å². The van der Waals surface area contributed by atoms with E-state index in [9.17, 15) is 4.39 Å². The largest absolute Gasteiger partial charge is 0.327 e. The lowest BCUT2D eigenvalue weighted by Crippen LogP contribution is -2.21. The van der Waals surface area contributed by atoms with Gasteiger partial charge in [-0.2, -0.15) is 0 Å². The maximum atomic E-state index is 12.7. The van der Waals surface area contributed by atoms with Crippen LogP contribution in [0.4, 0.5) is 4.39 Å². The molecule has 0 amide bonds. The van der Waals surface area contributed by atoms with Gasteiger partial charge in [-0.1, -0.05) is 24.6 Å². The lowest BCUT2D eigenvalue weighted by atomic mass is 10.0. The van der Waals surface area contributed by atoms with E-state index in [1.165, 1.54) is 12.1 Å². The van der Waals surface area contributed by atoms with Gasteiger partial charge in [0, 0.05) is 11.1 Å². The lowest BCUT2D eigenvalue weighted by Gasteiger charge is -2.09. The van der Waals surface area contributed by atoms with Crippen molar-refractivity contribution in [2.24, 2.45) is 5.73 Å². The van der Waals surface area contributed by atoms with Gasteiger partial charge in [0.25, 0.3) is 0 Å². The zero-order valence-corrected chi connectivity index (χ0v) is 8.31. The summed E-state index contributed by atoms with van der Waals surface area (Å²) in [7, 11) is 0. The predicted molar refractivity (Wildman–Crippen MR) is 53.4 cm³/mol. The van der Waals surface area contributed by atoms with E-state index in [4.69, 9.17) is 17.3 Å². The van der Waals surface area contributed by atoms with Crippen LogP contribution in [0.15, 0.2) is 18.2 Å². The van der Waals surface area contributed by atoms with Gasteiger partial charge < -0.3 is 5.73 Å². The first kappa shape index (κ1) is 10.5. The first-order valence-corrected chi connectivity index (χ1v) is 4.70. The molecule has 1 aromatic rings. The predicted octanol–water partition coefficient (Wildman–Crippen LogP) is 2.76. The Balaban J connectivity index is 2.77. The van der Waals surface area contributed by atoms with Crippen molar-refractivity contribution < 1.29 is 4.39 Å². The number of hydrogen-bond donors (Lipinski definition) is 1. The third kappa shape index (κ3) is 2.98. The van der Waals surface area contributed by atoms with Crippen molar-refractivity contribution in [2.45, 2.75) is 25.8 Å². The summed E-state index contributed by atoms with van der Waals surface area (Å²) in [6, 6.07) is 4.51. The van der Waals surface area contributed by atoms with Gasteiger partial charge in [0.05, 0.1) is 0 Å². The molecule has 13 heavy (non-hydrogen) atoms. The average Bonchev–Trinajstić information content (AvgIpc) is 2.09. The van der Waals surface area contributed by atoms with E-state index in [1.54, 1.807) is 6.07 Å². The van der Waals surface area contributed by atoms with Crippen LogP contribution < -0.4 is 5.73 Å². The Hall–Kier alpha value is -0.600. The molecule has 0 aliphatic heterocycles. The van der Waals surface area contributed by atoms with Crippen LogP contribution in [0, 0.1) is 5.82 Å². The molecule has 72 valence electrons. The number of halogens is 2. The third-order valence-electron chi connectivity index (χ3n) is 2.02. The fraction of sp³-hybridized carbons (Fsp3) is 0.400. The second kappa shape index (κ2) is 4.58. The van der Waals surface area contributed by atoms with Crippen molar-refractivity contribution >= 4 is 11.6 Å². The van der Waals surface area contributed by atoms with Gasteiger partial charge in [-0.05, 0) is 30.5 Å². The Kier molecular flexibility index (Phi) is 3.70. The minimum Gasteiger partial charge on any atom is -0.327 e. The van der Waals surface area contributed by atoms with Crippen LogP contribution in [0.2, 0.25) is 5.02 Å². The zero-order chi connectivity index (χ0) is 9.84. The molecule has 0 aliphatic rings. The number of hydrogen-bond acceptors (Lipinski definition) is 1. The van der Waals surface area contributed by atoms with Crippen LogP contribution in [0.1, 0.15) is 18.9 Å². The summed E-state index contributed by atoms with van der Waals surface area (Å²) >= 11 is 5.84. The van der Waals surface area contributed by atoms with Crippen LogP contribution >= 0.6 is 11.6 Å². The molecular formula is C10H13ClFN. The molecule has 1 atom stereocenters. The van der Waals surface area contributed by atoms with E-state index in [-0.39, 0.29) is 11.9 Å². The van der Waals surface area contributed by atoms with Crippen molar-refractivity contribution in [3.63, 3.8) is 0 Å². The smallest absolute Gasteiger partial charge is 0.124 e. The molecule has 2 N–H and O–H groups in total. The number of nitrogens with two attached hydrogens (primary N) is 1. The van der Waals surface area contributed by atoms with Crippen LogP contribution in [-0.4, -0.2) is 6.04 Å². The van der Waals surface area contributed by atoms with Gasteiger partial charge in [0.2, 0.25) is 0 Å². The Bertz CT molecular complexity index is 288. The first-order valence-electron chi connectivity index (χ1n) is 4.33. The molecule has 1 unspecified atom stereocenters. The van der Waals surface area contributed by atoms with Crippen molar-refractivity contribution in [3.8, 4) is 0 Å². The summed E-state index contributed by atoms with van der Waals surface area (Å²) < 4.78 is 12.7. The summed E-state index contributed by atoms with van der Waals surface area (Å²) in [6.07, 6.45) is 1.60. The maximum absolute atomic E-state index is 12.7. The average molecular weight is 202 g/mol. The minimum atomic E-state index is -0.307. The van der Waals surface area contributed by atoms with E-state index < -0.39 is 0 Å². The highest BCUT2D eigenvalue weighted by Crippen LogP contribution is 2.18. The summed E-state index contributed by atoms with van der Waals surface area (Å²) in [5.74, 6) is -0.307. The van der Waals surface area contributed by atoms with Gasteiger partial charge >= 0.3 is 0 Å². The normalized spacial score (nSPS) is 12.9. The van der Waals surface area contributed by atoms with E-state index >= 15 is 0 Å². The van der Waals surface area contributed by atoms with E-state index in [0.29, 0.717) is 11.4 Å². The molecule has 0 fully saturated rings. The molecule has 1 rings (SSSR count).